The molecule has 1 atom stereocenters. The average Bonchev–Trinajstić information content (AvgIpc) is 3.28. The Morgan fingerprint density at radius 1 is 1.13 bits per heavy atom. The number of anilines is 1. The number of carbonyl (C=O) groups is 3. The van der Waals surface area contributed by atoms with E-state index in [-0.39, 0.29) is 35.9 Å². The summed E-state index contributed by atoms with van der Waals surface area (Å²) in [6.45, 7) is 0. The van der Waals surface area contributed by atoms with Crippen LogP contribution in [0.4, 0.5) is 11.4 Å². The SMILES string of the molecule is COc1ccc(NC(=O)CSC2=Nc3ccccc3C3=NC(CCC(=O)NC4CCCCC4)C(=O)N23)cc1Cl. The molecule has 1 aliphatic carbocycles. The summed E-state index contributed by atoms with van der Waals surface area (Å²) in [5.74, 6) is 0.491. The first-order valence-electron chi connectivity index (χ1n) is 13.1. The van der Waals surface area contributed by atoms with Gasteiger partial charge in [0.15, 0.2) is 5.17 Å². The Labute approximate surface area is 236 Å². The maximum Gasteiger partial charge on any atom is 0.259 e. The number of ether oxygens (including phenoxy) is 1. The van der Waals surface area contributed by atoms with Crippen LogP contribution in [0.2, 0.25) is 5.02 Å². The van der Waals surface area contributed by atoms with E-state index in [1.165, 1.54) is 18.4 Å². The zero-order valence-electron chi connectivity index (χ0n) is 21.6. The molecular weight excluding hydrogens is 538 g/mol. The number of rotatable bonds is 8. The lowest BCUT2D eigenvalue weighted by Gasteiger charge is -2.25. The van der Waals surface area contributed by atoms with Crippen molar-refractivity contribution in [3.8, 4) is 5.75 Å². The van der Waals surface area contributed by atoms with Crippen LogP contribution in [0.25, 0.3) is 0 Å². The molecule has 0 spiro atoms. The number of para-hydroxylation sites is 1. The van der Waals surface area contributed by atoms with Gasteiger partial charge in [-0.1, -0.05) is 54.8 Å². The third kappa shape index (κ3) is 6.28. The lowest BCUT2D eigenvalue weighted by atomic mass is 9.95. The van der Waals surface area contributed by atoms with Crippen molar-refractivity contribution >= 4 is 63.5 Å². The molecule has 1 fully saturated rings. The normalized spacial score (nSPS) is 18.6. The van der Waals surface area contributed by atoms with E-state index in [1.54, 1.807) is 18.2 Å². The molecule has 39 heavy (non-hydrogen) atoms. The highest BCUT2D eigenvalue weighted by atomic mass is 35.5. The molecule has 0 radical (unpaired) electrons. The molecule has 0 bridgehead atoms. The number of halogens is 1. The second-order valence-electron chi connectivity index (χ2n) is 9.68. The number of hydrogen-bond acceptors (Lipinski definition) is 7. The summed E-state index contributed by atoms with van der Waals surface area (Å²) in [7, 11) is 1.52. The predicted molar refractivity (Wildman–Crippen MR) is 154 cm³/mol. The number of nitrogens with zero attached hydrogens (tertiary/aromatic N) is 3. The monoisotopic (exact) mass is 567 g/mol. The number of benzene rings is 2. The van der Waals surface area contributed by atoms with Crippen LogP contribution in [0.1, 0.15) is 50.5 Å². The first-order valence-corrected chi connectivity index (χ1v) is 14.4. The number of aliphatic imine (C=N–C) groups is 2. The maximum atomic E-state index is 13.5. The van der Waals surface area contributed by atoms with Gasteiger partial charge >= 0.3 is 0 Å². The Kier molecular flexibility index (Phi) is 8.52. The highest BCUT2D eigenvalue weighted by Gasteiger charge is 2.41. The molecule has 2 aromatic carbocycles. The van der Waals surface area contributed by atoms with Crippen LogP contribution >= 0.6 is 23.4 Å². The van der Waals surface area contributed by atoms with Crippen molar-refractivity contribution in [3.63, 3.8) is 0 Å². The van der Waals surface area contributed by atoms with Crippen LogP contribution in [-0.4, -0.2) is 58.6 Å². The molecule has 1 unspecified atom stereocenters. The summed E-state index contributed by atoms with van der Waals surface area (Å²) >= 11 is 7.32. The Morgan fingerprint density at radius 3 is 2.69 bits per heavy atom. The largest absolute Gasteiger partial charge is 0.495 e. The van der Waals surface area contributed by atoms with Gasteiger partial charge in [0, 0.05) is 23.7 Å². The van der Waals surface area contributed by atoms with E-state index < -0.39 is 6.04 Å². The summed E-state index contributed by atoms with van der Waals surface area (Å²) in [6.07, 6.45) is 6.06. The highest BCUT2D eigenvalue weighted by molar-refractivity contribution is 8.14. The number of hydrogen-bond donors (Lipinski definition) is 2. The van der Waals surface area contributed by atoms with Crippen LogP contribution in [0, 0.1) is 0 Å². The summed E-state index contributed by atoms with van der Waals surface area (Å²) < 4.78 is 5.15. The van der Waals surface area contributed by atoms with E-state index in [1.807, 2.05) is 24.3 Å². The minimum absolute atomic E-state index is 0.0240. The maximum absolute atomic E-state index is 13.5. The van der Waals surface area contributed by atoms with Crippen LogP contribution < -0.4 is 15.4 Å². The molecule has 204 valence electrons. The van der Waals surface area contributed by atoms with Gasteiger partial charge in [0.05, 0.1) is 23.6 Å². The molecule has 0 aromatic heterocycles. The molecule has 2 aliphatic heterocycles. The van der Waals surface area contributed by atoms with Gasteiger partial charge in [-0.25, -0.2) is 9.89 Å². The Hall–Kier alpha value is -3.37. The van der Waals surface area contributed by atoms with Gasteiger partial charge in [-0.2, -0.15) is 0 Å². The number of carbonyl (C=O) groups excluding carboxylic acids is 3. The Balaban J connectivity index is 1.24. The van der Waals surface area contributed by atoms with Crippen molar-refractivity contribution in [3.05, 3.63) is 53.1 Å². The molecule has 1 saturated carbocycles. The van der Waals surface area contributed by atoms with E-state index in [0.717, 1.165) is 43.0 Å². The number of fused-ring (bicyclic) bond motifs is 3. The van der Waals surface area contributed by atoms with E-state index >= 15 is 0 Å². The zero-order chi connectivity index (χ0) is 27.4. The summed E-state index contributed by atoms with van der Waals surface area (Å²) in [5, 5.41) is 6.68. The number of nitrogens with one attached hydrogen (secondary N) is 2. The van der Waals surface area contributed by atoms with E-state index in [0.29, 0.717) is 39.6 Å². The second kappa shape index (κ2) is 12.2. The molecule has 5 rings (SSSR count). The Morgan fingerprint density at radius 2 is 1.92 bits per heavy atom. The summed E-state index contributed by atoms with van der Waals surface area (Å²) in [6, 6.07) is 12.0. The van der Waals surface area contributed by atoms with Crippen molar-refractivity contribution in [2.45, 2.75) is 57.0 Å². The third-order valence-electron chi connectivity index (χ3n) is 6.93. The standard InChI is InChI=1S/C28H30ClN5O4S/c1-38-23-13-11-18(15-20(23)29)31-25(36)16-39-28-33-21-10-6-5-9-19(21)26-32-22(27(37)34(26)28)12-14-24(35)30-17-7-3-2-4-8-17/h5-6,9-11,13,15,17,22H,2-4,7-8,12,14,16H2,1H3,(H,30,35)(H,31,36). The quantitative estimate of drug-likeness (QED) is 0.471. The zero-order valence-corrected chi connectivity index (χ0v) is 23.2. The molecule has 2 aromatic rings. The summed E-state index contributed by atoms with van der Waals surface area (Å²) in [4.78, 5) is 49.6. The van der Waals surface area contributed by atoms with E-state index in [4.69, 9.17) is 21.3 Å². The van der Waals surface area contributed by atoms with Crippen LogP contribution in [0.5, 0.6) is 5.75 Å². The van der Waals surface area contributed by atoms with Crippen LogP contribution in [0.15, 0.2) is 52.4 Å². The second-order valence-corrected chi connectivity index (χ2v) is 11.0. The van der Waals surface area contributed by atoms with Gasteiger partial charge in [0.1, 0.15) is 17.6 Å². The van der Waals surface area contributed by atoms with Crippen molar-refractivity contribution in [2.75, 3.05) is 18.2 Å². The van der Waals surface area contributed by atoms with Gasteiger partial charge in [-0.15, -0.1) is 0 Å². The fourth-order valence-electron chi connectivity index (χ4n) is 4.97. The number of methoxy groups -OCH3 is 1. The van der Waals surface area contributed by atoms with Crippen molar-refractivity contribution in [1.82, 2.24) is 10.2 Å². The van der Waals surface area contributed by atoms with Crippen molar-refractivity contribution < 1.29 is 19.1 Å². The Bertz CT molecular complexity index is 1340. The van der Waals surface area contributed by atoms with Crippen molar-refractivity contribution in [1.29, 1.82) is 0 Å². The van der Waals surface area contributed by atoms with Gasteiger partial charge in [0.2, 0.25) is 11.8 Å². The molecular formula is C28H30ClN5O4S. The molecule has 2 N–H and O–H groups in total. The minimum Gasteiger partial charge on any atom is -0.495 e. The van der Waals surface area contributed by atoms with E-state index in [9.17, 15) is 14.4 Å². The third-order valence-corrected chi connectivity index (χ3v) is 8.16. The molecule has 3 aliphatic rings. The number of thioether (sulfide) groups is 1. The topological polar surface area (TPSA) is 112 Å². The minimum atomic E-state index is -0.677. The smallest absolute Gasteiger partial charge is 0.259 e. The lowest BCUT2D eigenvalue weighted by Crippen LogP contribution is -2.42. The first kappa shape index (κ1) is 27.2. The average molecular weight is 568 g/mol. The van der Waals surface area contributed by atoms with Gasteiger partial charge < -0.3 is 15.4 Å². The van der Waals surface area contributed by atoms with Gasteiger partial charge in [0.25, 0.3) is 5.91 Å². The molecule has 2 heterocycles. The summed E-state index contributed by atoms with van der Waals surface area (Å²) in [5.41, 5.74) is 1.97. The van der Waals surface area contributed by atoms with Gasteiger partial charge in [-0.3, -0.25) is 19.4 Å². The highest BCUT2D eigenvalue weighted by Crippen LogP contribution is 2.34. The first-order chi connectivity index (χ1) is 18.9. The van der Waals surface area contributed by atoms with Crippen LogP contribution in [0.3, 0.4) is 0 Å². The fourth-order valence-corrected chi connectivity index (χ4v) is 6.03. The lowest BCUT2D eigenvalue weighted by molar-refractivity contribution is -0.125. The molecule has 0 saturated heterocycles. The van der Waals surface area contributed by atoms with E-state index in [2.05, 4.69) is 15.6 Å². The predicted octanol–water partition coefficient (Wildman–Crippen LogP) is 4.91. The fraction of sp³-hybridized carbons (Fsp3) is 0.393. The molecule has 9 nitrogen and oxygen atoms in total. The van der Waals surface area contributed by atoms with Crippen LogP contribution in [-0.2, 0) is 14.4 Å². The molecule has 11 heteroatoms. The molecule has 3 amide bonds. The number of amidine groups is 2. The van der Waals surface area contributed by atoms with Crippen molar-refractivity contribution in [2.24, 2.45) is 9.98 Å². The number of amides is 3. The van der Waals surface area contributed by atoms with Gasteiger partial charge in [-0.05, 0) is 49.6 Å².